The summed E-state index contributed by atoms with van der Waals surface area (Å²) in [7, 11) is 0. The summed E-state index contributed by atoms with van der Waals surface area (Å²) in [4.78, 5) is 2.49. The quantitative estimate of drug-likeness (QED) is 0.148. The van der Waals surface area contributed by atoms with E-state index in [-0.39, 0.29) is 0 Å². The van der Waals surface area contributed by atoms with Gasteiger partial charge in [-0.3, -0.25) is 0 Å². The summed E-state index contributed by atoms with van der Waals surface area (Å²) in [5.41, 5.74) is 17.3. The Morgan fingerprint density at radius 3 is 1.43 bits per heavy atom. The van der Waals surface area contributed by atoms with Crippen LogP contribution in [0.5, 0.6) is 0 Å². The third-order valence-corrected chi connectivity index (χ3v) is 13.5. The first-order chi connectivity index (χ1) is 33.3. The van der Waals surface area contributed by atoms with Gasteiger partial charge in [-0.25, -0.2) is 0 Å². The Morgan fingerprint density at radius 1 is 0.269 bits per heavy atom. The zero-order valence-corrected chi connectivity index (χ0v) is 36.7. The predicted molar refractivity (Wildman–Crippen MR) is 284 cm³/mol. The van der Waals surface area contributed by atoms with Crippen molar-refractivity contribution >= 4 is 71.4 Å². The zero-order valence-electron chi connectivity index (χ0n) is 36.7. The van der Waals surface area contributed by atoms with Crippen LogP contribution in [0.25, 0.3) is 99.1 Å². The molecule has 67 heavy (non-hydrogen) atoms. The molecule has 0 N–H and O–H groups in total. The van der Waals surface area contributed by atoms with E-state index in [1.165, 1.54) is 71.1 Å². The van der Waals surface area contributed by atoms with Gasteiger partial charge in [0.2, 0.25) is 0 Å². The monoisotopic (exact) mass is 853 g/mol. The van der Waals surface area contributed by atoms with Gasteiger partial charge in [-0.15, -0.1) is 0 Å². The molecule has 0 bridgehead atoms. The molecule has 0 radical (unpaired) electrons. The lowest BCUT2D eigenvalue weighted by molar-refractivity contribution is 1.18. The lowest BCUT2D eigenvalue weighted by Crippen LogP contribution is -2.12. The maximum Gasteiger partial charge on any atom is 0.0562 e. The van der Waals surface area contributed by atoms with E-state index in [1.807, 2.05) is 0 Å². The summed E-state index contributed by atoms with van der Waals surface area (Å²) in [6, 6.07) is 95.0. The maximum absolute atomic E-state index is 2.49. The van der Waals surface area contributed by atoms with Crippen LogP contribution in [-0.2, 0) is 0 Å². The number of nitrogens with zero attached hydrogens (tertiary/aromatic N) is 3. The molecule has 0 saturated heterocycles. The van der Waals surface area contributed by atoms with E-state index in [1.54, 1.807) is 0 Å². The lowest BCUT2D eigenvalue weighted by atomic mass is 9.91. The average molecular weight is 854 g/mol. The highest BCUT2D eigenvalue weighted by molar-refractivity contribution is 6.17. The second-order valence-corrected chi connectivity index (χ2v) is 17.2. The Kier molecular flexibility index (Phi) is 9.17. The molecule has 3 nitrogen and oxygen atoms in total. The Hall–Kier alpha value is -8.92. The van der Waals surface area contributed by atoms with Gasteiger partial charge in [-0.05, 0) is 99.8 Å². The van der Waals surface area contributed by atoms with Crippen molar-refractivity contribution in [3.8, 4) is 44.8 Å². The molecule has 0 atom stereocenters. The Balaban J connectivity index is 1.06. The van der Waals surface area contributed by atoms with Gasteiger partial charge < -0.3 is 14.0 Å². The molecule has 0 amide bonds. The molecule has 0 fully saturated rings. The van der Waals surface area contributed by atoms with Gasteiger partial charge >= 0.3 is 0 Å². The molecule has 3 heteroatoms. The molecule has 13 rings (SSSR count). The Morgan fingerprint density at radius 2 is 0.746 bits per heavy atom. The first-order valence-electron chi connectivity index (χ1n) is 23.0. The first kappa shape index (κ1) is 38.5. The van der Waals surface area contributed by atoms with Crippen molar-refractivity contribution in [2.75, 3.05) is 4.90 Å². The van der Waals surface area contributed by atoms with Gasteiger partial charge in [0, 0.05) is 44.0 Å². The Labute approximate surface area is 389 Å². The Bertz CT molecular complexity index is 3910. The number of anilines is 3. The molecule has 2 heterocycles. The van der Waals surface area contributed by atoms with Gasteiger partial charge in [0.15, 0.2) is 0 Å². The predicted octanol–water partition coefficient (Wildman–Crippen LogP) is 17.5. The van der Waals surface area contributed by atoms with Gasteiger partial charge in [0.05, 0.1) is 39.1 Å². The minimum Gasteiger partial charge on any atom is -0.309 e. The fourth-order valence-corrected chi connectivity index (χ4v) is 10.7. The average Bonchev–Trinajstić information content (AvgIpc) is 3.93. The van der Waals surface area contributed by atoms with E-state index in [4.69, 9.17) is 0 Å². The first-order valence-corrected chi connectivity index (χ1v) is 23.0. The minimum atomic E-state index is 1.07. The summed E-state index contributed by atoms with van der Waals surface area (Å²) >= 11 is 0. The van der Waals surface area contributed by atoms with Crippen LogP contribution in [0.1, 0.15) is 0 Å². The molecule has 11 aromatic carbocycles. The van der Waals surface area contributed by atoms with E-state index in [0.717, 1.165) is 45.1 Å². The molecule has 0 spiro atoms. The fraction of sp³-hybridized carbons (Fsp3) is 0. The lowest BCUT2D eigenvalue weighted by Gasteiger charge is -2.29. The van der Waals surface area contributed by atoms with Crippen molar-refractivity contribution < 1.29 is 0 Å². The van der Waals surface area contributed by atoms with Gasteiger partial charge in [-0.2, -0.15) is 0 Å². The van der Waals surface area contributed by atoms with Crippen molar-refractivity contribution in [3.05, 3.63) is 261 Å². The molecule has 0 unspecified atom stereocenters. The van der Waals surface area contributed by atoms with Crippen molar-refractivity contribution in [3.63, 3.8) is 0 Å². The van der Waals surface area contributed by atoms with E-state index in [0.29, 0.717) is 0 Å². The number of benzene rings is 11. The summed E-state index contributed by atoms with van der Waals surface area (Å²) < 4.78 is 4.85. The molecule has 0 saturated carbocycles. The SMILES string of the molecule is c1ccc(-c2cccc3cccc(-c4ccc(N(c5ccccc5-c5ccccc5-n5c6ccccc6c6ccccc65)c5cccc6c5c5ccccc5n6-c5ccccc5)cc4)c23)cc1. The second kappa shape index (κ2) is 16.0. The number of para-hydroxylation sites is 6. The van der Waals surface area contributed by atoms with Crippen molar-refractivity contribution in [1.82, 2.24) is 9.13 Å². The number of hydrogen-bond donors (Lipinski definition) is 0. The molecule has 13 aromatic rings. The van der Waals surface area contributed by atoms with Crippen molar-refractivity contribution in [1.29, 1.82) is 0 Å². The normalized spacial score (nSPS) is 11.6. The molecular weight excluding hydrogens is 811 g/mol. The maximum atomic E-state index is 2.49. The standard InChI is InChI=1S/C64H43N3/c1-3-20-44(21-4-1)49-31-17-22-46-23-18-32-50(63(46)49)45-40-42-48(43-41-45)66(62-39-19-38-61-64(62)55-30-11-16-37-60(55)65(61)47-24-5-2-6-25-47)56-33-12-7-26-51(56)52-27-8-13-34-57(52)67-58-35-14-9-28-53(58)54-29-10-15-36-59(54)67/h1-43H. The van der Waals surface area contributed by atoms with Crippen molar-refractivity contribution in [2.45, 2.75) is 0 Å². The largest absolute Gasteiger partial charge is 0.309 e. The topological polar surface area (TPSA) is 13.1 Å². The molecule has 2 aromatic heterocycles. The van der Waals surface area contributed by atoms with Crippen LogP contribution in [-0.4, -0.2) is 9.13 Å². The summed E-state index contributed by atoms with van der Waals surface area (Å²) in [6.45, 7) is 0. The van der Waals surface area contributed by atoms with Gasteiger partial charge in [0.25, 0.3) is 0 Å². The highest BCUT2D eigenvalue weighted by Gasteiger charge is 2.25. The minimum absolute atomic E-state index is 1.07. The van der Waals surface area contributed by atoms with Crippen LogP contribution in [0.3, 0.4) is 0 Å². The number of aromatic nitrogens is 2. The smallest absolute Gasteiger partial charge is 0.0562 e. The summed E-state index contributed by atoms with van der Waals surface area (Å²) in [6.07, 6.45) is 0. The molecule has 0 aliphatic heterocycles. The second-order valence-electron chi connectivity index (χ2n) is 17.2. The van der Waals surface area contributed by atoms with E-state index in [2.05, 4.69) is 275 Å². The molecule has 0 aliphatic carbocycles. The third kappa shape index (κ3) is 6.28. The number of rotatable bonds is 8. The van der Waals surface area contributed by atoms with Crippen LogP contribution in [0.2, 0.25) is 0 Å². The highest BCUT2D eigenvalue weighted by atomic mass is 15.2. The van der Waals surface area contributed by atoms with E-state index < -0.39 is 0 Å². The zero-order chi connectivity index (χ0) is 44.3. The van der Waals surface area contributed by atoms with Crippen LogP contribution in [0.4, 0.5) is 17.1 Å². The van der Waals surface area contributed by atoms with E-state index in [9.17, 15) is 0 Å². The molecule has 0 aliphatic rings. The van der Waals surface area contributed by atoms with Gasteiger partial charge in [0.1, 0.15) is 0 Å². The van der Waals surface area contributed by atoms with Crippen LogP contribution in [0.15, 0.2) is 261 Å². The highest BCUT2D eigenvalue weighted by Crippen LogP contribution is 2.48. The summed E-state index contributed by atoms with van der Waals surface area (Å²) in [5.74, 6) is 0. The van der Waals surface area contributed by atoms with Crippen molar-refractivity contribution in [2.24, 2.45) is 0 Å². The van der Waals surface area contributed by atoms with Gasteiger partial charge in [-0.1, -0.05) is 194 Å². The number of fused-ring (bicyclic) bond motifs is 7. The number of hydrogen-bond acceptors (Lipinski definition) is 1. The third-order valence-electron chi connectivity index (χ3n) is 13.5. The molecule has 314 valence electrons. The fourth-order valence-electron chi connectivity index (χ4n) is 10.7. The van der Waals surface area contributed by atoms with Crippen LogP contribution >= 0.6 is 0 Å². The van der Waals surface area contributed by atoms with Crippen LogP contribution in [0, 0.1) is 0 Å². The van der Waals surface area contributed by atoms with Crippen LogP contribution < -0.4 is 4.90 Å². The van der Waals surface area contributed by atoms with E-state index >= 15 is 0 Å². The summed E-state index contributed by atoms with van der Waals surface area (Å²) in [5, 5.41) is 7.36. The molecular formula is C64H43N3.